The van der Waals surface area contributed by atoms with E-state index in [4.69, 9.17) is 4.74 Å². The summed E-state index contributed by atoms with van der Waals surface area (Å²) in [5.41, 5.74) is 4.38. The van der Waals surface area contributed by atoms with Crippen LogP contribution in [0.5, 0.6) is 23.0 Å². The van der Waals surface area contributed by atoms with Crippen molar-refractivity contribution in [3.05, 3.63) is 70.8 Å². The maximum Gasteiger partial charge on any atom is 0.128 e. The van der Waals surface area contributed by atoms with Crippen molar-refractivity contribution in [2.75, 3.05) is 7.11 Å². The summed E-state index contributed by atoms with van der Waals surface area (Å²) < 4.78 is 5.09. The average Bonchev–Trinajstić information content (AvgIpc) is 2.69. The summed E-state index contributed by atoms with van der Waals surface area (Å²) in [7, 11) is 1.54. The lowest BCUT2D eigenvalue weighted by Crippen LogP contribution is -1.87. The van der Waals surface area contributed by atoms with Gasteiger partial charge >= 0.3 is 0 Å². The summed E-state index contributed by atoms with van der Waals surface area (Å²) in [4.78, 5) is 8.97. The van der Waals surface area contributed by atoms with Gasteiger partial charge in [0.2, 0.25) is 0 Å². The number of nitrogens with zero attached hydrogens (tertiary/aromatic N) is 2. The molecule has 3 aromatic carbocycles. The first-order chi connectivity index (χ1) is 13.9. The highest BCUT2D eigenvalue weighted by molar-refractivity contribution is 5.90. The van der Waals surface area contributed by atoms with Crippen molar-refractivity contribution in [3.8, 4) is 23.0 Å². The zero-order chi connectivity index (χ0) is 21.0. The summed E-state index contributed by atoms with van der Waals surface area (Å²) in [6.07, 6.45) is 3.08. The lowest BCUT2D eigenvalue weighted by Gasteiger charge is -2.07. The molecule has 3 aromatic rings. The highest BCUT2D eigenvalue weighted by Gasteiger charge is 2.06. The Labute approximate surface area is 169 Å². The van der Waals surface area contributed by atoms with Gasteiger partial charge in [0, 0.05) is 35.7 Å². The van der Waals surface area contributed by atoms with E-state index in [9.17, 15) is 15.3 Å². The highest BCUT2D eigenvalue weighted by Crippen LogP contribution is 2.32. The quantitative estimate of drug-likeness (QED) is 0.538. The Morgan fingerprint density at radius 2 is 1.24 bits per heavy atom. The van der Waals surface area contributed by atoms with E-state index in [0.29, 0.717) is 28.3 Å². The van der Waals surface area contributed by atoms with Crippen molar-refractivity contribution in [2.45, 2.75) is 13.8 Å². The third-order valence-corrected chi connectivity index (χ3v) is 4.53. The van der Waals surface area contributed by atoms with Gasteiger partial charge in [-0.15, -0.1) is 0 Å². The molecule has 0 fully saturated rings. The first-order valence-electron chi connectivity index (χ1n) is 8.95. The molecule has 6 nitrogen and oxygen atoms in total. The van der Waals surface area contributed by atoms with Crippen LogP contribution in [0.3, 0.4) is 0 Å². The molecule has 3 N–H and O–H groups in total. The van der Waals surface area contributed by atoms with Crippen LogP contribution in [0.2, 0.25) is 0 Å². The Kier molecular flexibility index (Phi) is 5.83. The minimum absolute atomic E-state index is 0.0181. The molecule has 0 amide bonds. The largest absolute Gasteiger partial charge is 0.508 e. The summed E-state index contributed by atoms with van der Waals surface area (Å²) in [5, 5.41) is 29.5. The van der Waals surface area contributed by atoms with Gasteiger partial charge < -0.3 is 20.1 Å². The molecule has 0 saturated heterocycles. The molecule has 0 spiro atoms. The molecule has 0 atom stereocenters. The van der Waals surface area contributed by atoms with Crippen LogP contribution in [-0.4, -0.2) is 34.9 Å². The van der Waals surface area contributed by atoms with Crippen LogP contribution in [0, 0.1) is 13.8 Å². The molecular formula is C23H22N2O4. The minimum atomic E-state index is -0.0641. The van der Waals surface area contributed by atoms with Crippen molar-refractivity contribution < 1.29 is 20.1 Å². The molecule has 0 radical (unpaired) electrons. The molecule has 0 unspecified atom stereocenters. The minimum Gasteiger partial charge on any atom is -0.508 e. The second kappa shape index (κ2) is 8.48. The van der Waals surface area contributed by atoms with Gasteiger partial charge in [-0.1, -0.05) is 0 Å². The molecule has 0 aliphatic heterocycles. The van der Waals surface area contributed by atoms with Crippen LogP contribution in [0.4, 0.5) is 11.4 Å². The van der Waals surface area contributed by atoms with Gasteiger partial charge in [-0.25, -0.2) is 0 Å². The first-order valence-corrected chi connectivity index (χ1v) is 8.95. The van der Waals surface area contributed by atoms with Crippen molar-refractivity contribution in [3.63, 3.8) is 0 Å². The van der Waals surface area contributed by atoms with Gasteiger partial charge in [0.05, 0.1) is 18.5 Å². The third-order valence-electron chi connectivity index (χ3n) is 4.53. The number of hydrogen-bond acceptors (Lipinski definition) is 6. The lowest BCUT2D eigenvalue weighted by molar-refractivity contribution is 0.407. The van der Waals surface area contributed by atoms with E-state index in [1.54, 1.807) is 24.4 Å². The van der Waals surface area contributed by atoms with Crippen molar-refractivity contribution in [2.24, 2.45) is 9.98 Å². The van der Waals surface area contributed by atoms with E-state index in [1.807, 2.05) is 26.0 Å². The van der Waals surface area contributed by atoms with Crippen molar-refractivity contribution in [1.82, 2.24) is 0 Å². The number of ether oxygens (including phenoxy) is 1. The second-order valence-corrected chi connectivity index (χ2v) is 6.61. The average molecular weight is 390 g/mol. The normalized spacial score (nSPS) is 11.4. The van der Waals surface area contributed by atoms with Gasteiger partial charge in [0.15, 0.2) is 0 Å². The molecule has 0 aliphatic carbocycles. The second-order valence-electron chi connectivity index (χ2n) is 6.61. The van der Waals surface area contributed by atoms with E-state index < -0.39 is 0 Å². The monoisotopic (exact) mass is 390 g/mol. The van der Waals surface area contributed by atoms with E-state index in [1.165, 1.54) is 31.5 Å². The molecule has 0 bridgehead atoms. The van der Waals surface area contributed by atoms with Gasteiger partial charge in [-0.3, -0.25) is 9.98 Å². The number of aryl methyl sites for hydroxylation is 2. The molecular weight excluding hydrogens is 368 g/mol. The van der Waals surface area contributed by atoms with E-state index in [0.717, 1.165) is 11.1 Å². The molecule has 0 aliphatic rings. The molecule has 29 heavy (non-hydrogen) atoms. The van der Waals surface area contributed by atoms with Crippen LogP contribution in [-0.2, 0) is 0 Å². The van der Waals surface area contributed by atoms with E-state index in [-0.39, 0.29) is 17.2 Å². The van der Waals surface area contributed by atoms with Crippen LogP contribution in [0.15, 0.2) is 58.5 Å². The van der Waals surface area contributed by atoms with E-state index in [2.05, 4.69) is 9.98 Å². The number of methoxy groups -OCH3 is 1. The predicted octanol–water partition coefficient (Wildman–Crippen LogP) is 4.93. The number of aromatic hydroxyl groups is 3. The number of hydrogen-bond donors (Lipinski definition) is 3. The topological polar surface area (TPSA) is 94.6 Å². The molecule has 0 heterocycles. The number of phenolic OH excluding ortho intramolecular Hbond substituents is 3. The highest BCUT2D eigenvalue weighted by atomic mass is 16.5. The van der Waals surface area contributed by atoms with Gasteiger partial charge in [0.25, 0.3) is 0 Å². The SMILES string of the molecule is COc1ccc(/C=N/c2cc(C)c(C)cc2/N=C/c2ccc(O)cc2O)c(O)c1. The number of phenols is 3. The van der Waals surface area contributed by atoms with Crippen molar-refractivity contribution >= 4 is 23.8 Å². The molecule has 0 aromatic heterocycles. The van der Waals surface area contributed by atoms with Crippen molar-refractivity contribution in [1.29, 1.82) is 0 Å². The summed E-state index contributed by atoms with van der Waals surface area (Å²) >= 11 is 0. The predicted molar refractivity (Wildman–Crippen MR) is 115 cm³/mol. The molecule has 6 heteroatoms. The fourth-order valence-electron chi connectivity index (χ4n) is 2.67. The van der Waals surface area contributed by atoms with Crippen LogP contribution < -0.4 is 4.74 Å². The first kappa shape index (κ1) is 19.9. The van der Waals surface area contributed by atoms with Crippen LogP contribution >= 0.6 is 0 Å². The van der Waals surface area contributed by atoms with Crippen LogP contribution in [0.25, 0.3) is 0 Å². The standard InChI is InChI=1S/C23H22N2O4/c1-14-8-20(24-12-16-4-6-18(26)10-22(16)27)21(9-15(14)2)25-13-17-5-7-19(29-3)11-23(17)28/h4-13,26-28H,1-3H3/b24-12+,25-13+. The fraction of sp³-hybridized carbons (Fsp3) is 0.130. The van der Waals surface area contributed by atoms with Crippen LogP contribution in [0.1, 0.15) is 22.3 Å². The number of rotatable bonds is 5. The lowest BCUT2D eigenvalue weighted by atomic mass is 10.1. The molecule has 148 valence electrons. The van der Waals surface area contributed by atoms with Gasteiger partial charge in [-0.05, 0) is 61.4 Å². The zero-order valence-electron chi connectivity index (χ0n) is 16.4. The summed E-state index contributed by atoms with van der Waals surface area (Å²) in [6, 6.07) is 13.1. The van der Waals surface area contributed by atoms with Gasteiger partial charge in [-0.2, -0.15) is 0 Å². The smallest absolute Gasteiger partial charge is 0.128 e. The summed E-state index contributed by atoms with van der Waals surface area (Å²) in [6.45, 7) is 3.97. The fourth-order valence-corrected chi connectivity index (χ4v) is 2.67. The maximum atomic E-state index is 10.1. The van der Waals surface area contributed by atoms with Gasteiger partial charge in [0.1, 0.15) is 23.0 Å². The maximum absolute atomic E-state index is 10.1. The Hall–Kier alpha value is -3.80. The number of benzene rings is 3. The Bertz CT molecular complexity index is 1100. The third kappa shape index (κ3) is 4.73. The molecule has 0 saturated carbocycles. The Balaban J connectivity index is 1.96. The molecule has 3 rings (SSSR count). The zero-order valence-corrected chi connectivity index (χ0v) is 16.4. The summed E-state index contributed by atoms with van der Waals surface area (Å²) in [5.74, 6) is 0.544. The van der Waals surface area contributed by atoms with E-state index >= 15 is 0 Å². The number of aliphatic imine (C=N–C) groups is 2. The Morgan fingerprint density at radius 1 is 0.724 bits per heavy atom. The Morgan fingerprint density at radius 3 is 1.72 bits per heavy atom.